The van der Waals surface area contributed by atoms with E-state index in [0.717, 1.165) is 11.5 Å². The minimum absolute atomic E-state index is 0.126. The predicted octanol–water partition coefficient (Wildman–Crippen LogP) is 2.08. The molecule has 0 aliphatic heterocycles. The molecule has 20 heavy (non-hydrogen) atoms. The van der Waals surface area contributed by atoms with Crippen LogP contribution >= 0.6 is 0 Å². The Kier molecular flexibility index (Phi) is 4.34. The summed E-state index contributed by atoms with van der Waals surface area (Å²) in [5, 5.41) is 5.94. The van der Waals surface area contributed by atoms with Crippen LogP contribution in [0.3, 0.4) is 0 Å². The first kappa shape index (κ1) is 14.0. The minimum atomic E-state index is -0.126. The molecule has 106 valence electrons. The minimum Gasteiger partial charge on any atom is -0.373 e. The summed E-state index contributed by atoms with van der Waals surface area (Å²) < 4.78 is 1.66. The molecule has 6 heteroatoms. The van der Waals surface area contributed by atoms with Crippen molar-refractivity contribution in [1.29, 1.82) is 0 Å². The summed E-state index contributed by atoms with van der Waals surface area (Å²) in [6.07, 6.45) is 4.99. The van der Waals surface area contributed by atoms with Crippen molar-refractivity contribution in [2.75, 3.05) is 17.7 Å². The molecule has 0 aliphatic carbocycles. The second kappa shape index (κ2) is 6.18. The van der Waals surface area contributed by atoms with Crippen LogP contribution in [0, 0.1) is 5.92 Å². The molecular formula is C14H19N5O. The quantitative estimate of drug-likeness (QED) is 0.872. The molecule has 0 atom stereocenters. The summed E-state index contributed by atoms with van der Waals surface area (Å²) in [5.41, 5.74) is 0.606. The lowest BCUT2D eigenvalue weighted by Crippen LogP contribution is -2.25. The van der Waals surface area contributed by atoms with Crippen molar-refractivity contribution in [3.05, 3.63) is 41.1 Å². The van der Waals surface area contributed by atoms with Gasteiger partial charge >= 0.3 is 0 Å². The normalized spacial score (nSPS) is 10.6. The Morgan fingerprint density at radius 1 is 1.30 bits per heavy atom. The van der Waals surface area contributed by atoms with Crippen LogP contribution in [0.15, 0.2) is 35.5 Å². The zero-order chi connectivity index (χ0) is 14.5. The van der Waals surface area contributed by atoms with E-state index in [2.05, 4.69) is 34.4 Å². The average molecular weight is 273 g/mol. The topological polar surface area (TPSA) is 71.8 Å². The molecule has 0 saturated carbocycles. The number of rotatable bonds is 5. The lowest BCUT2D eigenvalue weighted by Gasteiger charge is -2.10. The Balaban J connectivity index is 2.22. The highest BCUT2D eigenvalue weighted by Crippen LogP contribution is 2.12. The number of hydrogen-bond donors (Lipinski definition) is 2. The van der Waals surface area contributed by atoms with E-state index in [0.29, 0.717) is 18.3 Å². The van der Waals surface area contributed by atoms with Crippen molar-refractivity contribution in [2.45, 2.75) is 20.4 Å². The largest absolute Gasteiger partial charge is 0.373 e. The fourth-order valence-corrected chi connectivity index (χ4v) is 1.82. The van der Waals surface area contributed by atoms with Gasteiger partial charge in [0.1, 0.15) is 5.82 Å². The highest BCUT2D eigenvalue weighted by Gasteiger charge is 2.06. The lowest BCUT2D eigenvalue weighted by molar-refractivity contribution is 0.510. The summed E-state index contributed by atoms with van der Waals surface area (Å²) in [5.74, 6) is 1.49. The molecule has 0 saturated heterocycles. The molecule has 2 N–H and O–H groups in total. The van der Waals surface area contributed by atoms with Gasteiger partial charge in [0.05, 0.1) is 11.9 Å². The van der Waals surface area contributed by atoms with Gasteiger partial charge in [-0.2, -0.15) is 0 Å². The van der Waals surface area contributed by atoms with Crippen LogP contribution in [-0.2, 0) is 6.54 Å². The van der Waals surface area contributed by atoms with E-state index in [1.807, 2.05) is 12.1 Å². The molecule has 6 nitrogen and oxygen atoms in total. The second-order valence-corrected chi connectivity index (χ2v) is 4.93. The summed E-state index contributed by atoms with van der Waals surface area (Å²) >= 11 is 0. The molecule has 0 aromatic carbocycles. The van der Waals surface area contributed by atoms with Crippen LogP contribution in [0.1, 0.15) is 13.8 Å². The number of anilines is 3. The van der Waals surface area contributed by atoms with Crippen LogP contribution in [0.5, 0.6) is 0 Å². The number of aromatic nitrogens is 3. The van der Waals surface area contributed by atoms with Crippen molar-refractivity contribution in [3.8, 4) is 0 Å². The third kappa shape index (κ3) is 3.34. The van der Waals surface area contributed by atoms with Crippen LogP contribution in [0.25, 0.3) is 0 Å². The Morgan fingerprint density at radius 3 is 2.70 bits per heavy atom. The number of pyridine rings is 1. The molecule has 0 aliphatic rings. The van der Waals surface area contributed by atoms with Gasteiger partial charge in [0.15, 0.2) is 5.82 Å². The second-order valence-electron chi connectivity index (χ2n) is 4.93. The molecule has 0 spiro atoms. The van der Waals surface area contributed by atoms with Crippen molar-refractivity contribution < 1.29 is 0 Å². The summed E-state index contributed by atoms with van der Waals surface area (Å²) in [6.45, 7) is 4.81. The molecule has 2 rings (SSSR count). The van der Waals surface area contributed by atoms with E-state index in [1.165, 1.54) is 0 Å². The average Bonchev–Trinajstić information content (AvgIpc) is 2.43. The molecule has 0 radical (unpaired) electrons. The number of nitrogens with zero attached hydrogens (tertiary/aromatic N) is 3. The first-order valence-corrected chi connectivity index (χ1v) is 6.56. The van der Waals surface area contributed by atoms with Gasteiger partial charge in [-0.25, -0.2) is 9.97 Å². The van der Waals surface area contributed by atoms with Gasteiger partial charge < -0.3 is 15.2 Å². The van der Waals surface area contributed by atoms with Crippen LogP contribution in [-0.4, -0.2) is 21.6 Å². The summed E-state index contributed by atoms with van der Waals surface area (Å²) in [6, 6.07) is 3.68. The fraction of sp³-hybridized carbons (Fsp3) is 0.357. The maximum atomic E-state index is 12.2. The van der Waals surface area contributed by atoms with E-state index >= 15 is 0 Å². The molecule has 0 amide bonds. The Morgan fingerprint density at radius 2 is 2.10 bits per heavy atom. The maximum Gasteiger partial charge on any atom is 0.293 e. The monoisotopic (exact) mass is 273 g/mol. The zero-order valence-electron chi connectivity index (χ0n) is 11.9. The summed E-state index contributed by atoms with van der Waals surface area (Å²) in [4.78, 5) is 20.5. The van der Waals surface area contributed by atoms with Crippen molar-refractivity contribution in [3.63, 3.8) is 0 Å². The number of nitrogens with one attached hydrogen (secondary N) is 2. The Labute approximate surface area is 117 Å². The highest BCUT2D eigenvalue weighted by molar-refractivity contribution is 5.55. The Hall–Kier alpha value is -2.37. The van der Waals surface area contributed by atoms with Gasteiger partial charge in [0.2, 0.25) is 0 Å². The van der Waals surface area contributed by atoms with E-state index < -0.39 is 0 Å². The van der Waals surface area contributed by atoms with Gasteiger partial charge in [-0.05, 0) is 18.1 Å². The van der Waals surface area contributed by atoms with E-state index in [-0.39, 0.29) is 5.56 Å². The molecule has 2 aromatic rings. The van der Waals surface area contributed by atoms with Crippen LogP contribution < -0.4 is 16.2 Å². The SMILES string of the molecule is CNc1ccc(Nc2nccn(CC(C)C)c2=O)cn1. The third-order valence-corrected chi connectivity index (χ3v) is 2.76. The van der Waals surface area contributed by atoms with Gasteiger partial charge in [-0.3, -0.25) is 4.79 Å². The molecule has 0 bridgehead atoms. The van der Waals surface area contributed by atoms with Crippen molar-refractivity contribution >= 4 is 17.3 Å². The smallest absolute Gasteiger partial charge is 0.293 e. The molecular weight excluding hydrogens is 254 g/mol. The summed E-state index contributed by atoms with van der Waals surface area (Å²) in [7, 11) is 1.80. The zero-order valence-corrected chi connectivity index (χ0v) is 11.9. The van der Waals surface area contributed by atoms with Gasteiger partial charge in [0, 0.05) is 26.0 Å². The maximum absolute atomic E-state index is 12.2. The lowest BCUT2D eigenvalue weighted by atomic mass is 10.2. The van der Waals surface area contributed by atoms with E-state index in [1.54, 1.807) is 30.2 Å². The van der Waals surface area contributed by atoms with Gasteiger partial charge in [-0.1, -0.05) is 13.8 Å². The molecule has 2 heterocycles. The van der Waals surface area contributed by atoms with Crippen molar-refractivity contribution in [2.24, 2.45) is 5.92 Å². The van der Waals surface area contributed by atoms with Crippen LogP contribution in [0.2, 0.25) is 0 Å². The predicted molar refractivity (Wildman–Crippen MR) is 80.4 cm³/mol. The first-order chi connectivity index (χ1) is 9.60. The van der Waals surface area contributed by atoms with Crippen molar-refractivity contribution in [1.82, 2.24) is 14.5 Å². The first-order valence-electron chi connectivity index (χ1n) is 6.56. The fourth-order valence-electron chi connectivity index (χ4n) is 1.82. The standard InChI is InChI=1S/C14H19N5O/c1-10(2)9-19-7-6-16-13(14(19)20)18-11-4-5-12(15-3)17-8-11/h4-8,10H,9H2,1-3H3,(H,15,17)(H,16,18). The molecule has 2 aromatic heterocycles. The van der Waals surface area contributed by atoms with E-state index in [9.17, 15) is 4.79 Å². The van der Waals surface area contributed by atoms with Gasteiger partial charge in [-0.15, -0.1) is 0 Å². The third-order valence-electron chi connectivity index (χ3n) is 2.76. The van der Waals surface area contributed by atoms with E-state index in [4.69, 9.17) is 0 Å². The molecule has 0 unspecified atom stereocenters. The Bertz CT molecular complexity index is 618. The molecule has 0 fully saturated rings. The van der Waals surface area contributed by atoms with Gasteiger partial charge in [0.25, 0.3) is 5.56 Å². The number of hydrogen-bond acceptors (Lipinski definition) is 5. The van der Waals surface area contributed by atoms with Crippen LogP contribution in [0.4, 0.5) is 17.3 Å². The highest BCUT2D eigenvalue weighted by atomic mass is 16.1.